The normalized spacial score (nSPS) is 12.0. The molecule has 0 radical (unpaired) electrons. The third-order valence-electron chi connectivity index (χ3n) is 3.40. The summed E-state index contributed by atoms with van der Waals surface area (Å²) in [6.07, 6.45) is -8.70. The van der Waals surface area contributed by atoms with Crippen molar-refractivity contribution in [1.82, 2.24) is 15.1 Å². The first-order valence-electron chi connectivity index (χ1n) is 7.23. The summed E-state index contributed by atoms with van der Waals surface area (Å²) in [7, 11) is 1.57. The smallest absolute Gasteiger partial charge is 0.342 e. The molecule has 0 unspecified atom stereocenters. The van der Waals surface area contributed by atoms with Crippen LogP contribution in [0.15, 0.2) is 30.5 Å². The molecule has 2 N–H and O–H groups in total. The average Bonchev–Trinajstić information content (AvgIpc) is 2.95. The molecule has 0 aliphatic carbocycles. The summed E-state index contributed by atoms with van der Waals surface area (Å²) in [6, 6.07) is 2.07. The topological polar surface area (TPSA) is 76.0 Å². The Morgan fingerprint density at radius 1 is 1.00 bits per heavy atom. The van der Waals surface area contributed by atoms with E-state index in [1.165, 1.54) is 10.9 Å². The van der Waals surface area contributed by atoms with E-state index in [1.54, 1.807) is 18.4 Å². The zero-order chi connectivity index (χ0) is 20.4. The monoisotopic (exact) mass is 394 g/mol. The largest absolute Gasteiger partial charge is 0.416 e. The van der Waals surface area contributed by atoms with Crippen LogP contribution in [0, 0.1) is 0 Å². The quantitative estimate of drug-likeness (QED) is 0.621. The van der Waals surface area contributed by atoms with Gasteiger partial charge in [-0.25, -0.2) is 0 Å². The number of benzene rings is 1. The number of aryl methyl sites for hydroxylation is 1. The van der Waals surface area contributed by atoms with Crippen LogP contribution in [0.5, 0.6) is 0 Å². The summed E-state index contributed by atoms with van der Waals surface area (Å²) >= 11 is 0. The Morgan fingerprint density at radius 2 is 1.56 bits per heavy atom. The molecule has 6 nitrogen and oxygen atoms in total. The second-order valence-corrected chi connectivity index (χ2v) is 5.38. The van der Waals surface area contributed by atoms with Crippen LogP contribution >= 0.6 is 0 Å². The Kier molecular flexibility index (Phi) is 5.47. The molecule has 0 atom stereocenters. The number of aromatic nitrogens is 2. The lowest BCUT2D eigenvalue weighted by atomic mass is 10.1. The van der Waals surface area contributed by atoms with Crippen molar-refractivity contribution in [3.8, 4) is 0 Å². The first-order valence-corrected chi connectivity index (χ1v) is 7.23. The standard InChI is InChI=1S/C15H12F6N4O2/c1-25-11(2-3-23-25)7-22-12(26)13(27)24-10-5-8(14(16,17)18)4-9(6-10)15(19,20)21/h2-6H,7H2,1H3,(H,22,26)(H,24,27). The van der Waals surface area contributed by atoms with Crippen molar-refractivity contribution in [1.29, 1.82) is 0 Å². The van der Waals surface area contributed by atoms with Crippen molar-refractivity contribution in [3.63, 3.8) is 0 Å². The van der Waals surface area contributed by atoms with Gasteiger partial charge in [-0.15, -0.1) is 0 Å². The maximum absolute atomic E-state index is 12.8. The SMILES string of the molecule is Cn1nccc1CNC(=O)C(=O)Nc1cc(C(F)(F)F)cc(C(F)(F)F)c1. The van der Waals surface area contributed by atoms with Crippen LogP contribution < -0.4 is 10.6 Å². The molecule has 2 amide bonds. The van der Waals surface area contributed by atoms with Gasteiger partial charge in [-0.05, 0) is 24.3 Å². The summed E-state index contributed by atoms with van der Waals surface area (Å²) in [5.74, 6) is -2.65. The van der Waals surface area contributed by atoms with Gasteiger partial charge < -0.3 is 10.6 Å². The Balaban J connectivity index is 2.16. The Morgan fingerprint density at radius 3 is 2.00 bits per heavy atom. The van der Waals surface area contributed by atoms with E-state index in [9.17, 15) is 35.9 Å². The van der Waals surface area contributed by atoms with Crippen LogP contribution in [0.3, 0.4) is 0 Å². The van der Waals surface area contributed by atoms with Crippen molar-refractivity contribution in [3.05, 3.63) is 47.3 Å². The second kappa shape index (κ2) is 7.29. The van der Waals surface area contributed by atoms with Gasteiger partial charge in [0.25, 0.3) is 0 Å². The maximum atomic E-state index is 12.8. The highest BCUT2D eigenvalue weighted by atomic mass is 19.4. The fourth-order valence-corrected chi connectivity index (χ4v) is 2.04. The maximum Gasteiger partial charge on any atom is 0.416 e. The molecule has 146 valence electrons. The average molecular weight is 394 g/mol. The van der Waals surface area contributed by atoms with Gasteiger partial charge in [0.05, 0.1) is 23.4 Å². The molecule has 0 aliphatic rings. The summed E-state index contributed by atoms with van der Waals surface area (Å²) in [5, 5.41) is 7.74. The van der Waals surface area contributed by atoms with E-state index in [-0.39, 0.29) is 12.6 Å². The first kappa shape index (κ1) is 20.3. The number of anilines is 1. The molecular formula is C15H12F6N4O2. The van der Waals surface area contributed by atoms with Crippen molar-refractivity contribution < 1.29 is 35.9 Å². The zero-order valence-electron chi connectivity index (χ0n) is 13.6. The molecule has 0 spiro atoms. The highest BCUT2D eigenvalue weighted by molar-refractivity contribution is 6.39. The zero-order valence-corrected chi connectivity index (χ0v) is 13.6. The predicted molar refractivity (Wildman–Crippen MR) is 80.1 cm³/mol. The van der Waals surface area contributed by atoms with E-state index in [0.29, 0.717) is 17.8 Å². The fourth-order valence-electron chi connectivity index (χ4n) is 2.04. The number of nitrogens with one attached hydrogen (secondary N) is 2. The highest BCUT2D eigenvalue weighted by Gasteiger charge is 2.37. The molecule has 0 fully saturated rings. The molecule has 1 aromatic heterocycles. The fraction of sp³-hybridized carbons (Fsp3) is 0.267. The van der Waals surface area contributed by atoms with Gasteiger partial charge in [0, 0.05) is 18.9 Å². The number of amides is 2. The van der Waals surface area contributed by atoms with Gasteiger partial charge >= 0.3 is 24.2 Å². The molecule has 0 saturated heterocycles. The van der Waals surface area contributed by atoms with Gasteiger partial charge in [-0.3, -0.25) is 14.3 Å². The van der Waals surface area contributed by atoms with Gasteiger partial charge in [0.15, 0.2) is 0 Å². The Bertz CT molecular complexity index is 824. The van der Waals surface area contributed by atoms with E-state index < -0.39 is 41.0 Å². The minimum Gasteiger partial charge on any atom is -0.342 e. The number of alkyl halides is 6. The van der Waals surface area contributed by atoms with Crippen molar-refractivity contribution in [2.45, 2.75) is 18.9 Å². The molecule has 27 heavy (non-hydrogen) atoms. The molecule has 12 heteroatoms. The summed E-state index contributed by atoms with van der Waals surface area (Å²) < 4.78 is 78.1. The molecule has 2 aromatic rings. The van der Waals surface area contributed by atoms with E-state index in [2.05, 4.69) is 10.4 Å². The number of carbonyl (C=O) groups excluding carboxylic acids is 2. The predicted octanol–water partition coefficient (Wildman–Crippen LogP) is 2.71. The Labute approximate surface area is 148 Å². The number of carbonyl (C=O) groups is 2. The minimum atomic E-state index is -5.07. The van der Waals surface area contributed by atoms with Gasteiger partial charge in [0.2, 0.25) is 0 Å². The van der Waals surface area contributed by atoms with E-state index in [0.717, 1.165) is 0 Å². The van der Waals surface area contributed by atoms with Crippen LogP contribution in [-0.2, 0) is 35.5 Å². The van der Waals surface area contributed by atoms with Gasteiger partial charge in [-0.1, -0.05) is 0 Å². The van der Waals surface area contributed by atoms with Gasteiger partial charge in [-0.2, -0.15) is 31.4 Å². The molecule has 2 rings (SSSR count). The van der Waals surface area contributed by atoms with Gasteiger partial charge in [0.1, 0.15) is 0 Å². The van der Waals surface area contributed by atoms with Crippen molar-refractivity contribution in [2.24, 2.45) is 7.05 Å². The molecular weight excluding hydrogens is 382 g/mol. The number of rotatable bonds is 3. The summed E-state index contributed by atoms with van der Waals surface area (Å²) in [6.45, 7) is -0.112. The first-order chi connectivity index (χ1) is 12.4. The number of nitrogens with zero attached hydrogens (tertiary/aromatic N) is 2. The van der Waals surface area contributed by atoms with Crippen molar-refractivity contribution >= 4 is 17.5 Å². The lowest BCUT2D eigenvalue weighted by molar-refractivity contribution is -0.143. The highest BCUT2D eigenvalue weighted by Crippen LogP contribution is 2.37. The lowest BCUT2D eigenvalue weighted by Gasteiger charge is -2.14. The molecule has 1 heterocycles. The van der Waals surface area contributed by atoms with Crippen LogP contribution in [0.2, 0.25) is 0 Å². The summed E-state index contributed by atoms with van der Waals surface area (Å²) in [5.41, 5.74) is -3.50. The molecule has 1 aromatic carbocycles. The van der Waals surface area contributed by atoms with Crippen LogP contribution in [-0.4, -0.2) is 21.6 Å². The summed E-state index contributed by atoms with van der Waals surface area (Å²) in [4.78, 5) is 23.5. The third kappa shape index (κ3) is 5.21. The number of hydrogen-bond acceptors (Lipinski definition) is 3. The minimum absolute atomic E-state index is 0.0852. The van der Waals surface area contributed by atoms with E-state index in [1.807, 2.05) is 0 Å². The van der Waals surface area contributed by atoms with E-state index in [4.69, 9.17) is 0 Å². The molecule has 0 aliphatic heterocycles. The van der Waals surface area contributed by atoms with Crippen LogP contribution in [0.1, 0.15) is 16.8 Å². The number of hydrogen-bond donors (Lipinski definition) is 2. The lowest BCUT2D eigenvalue weighted by Crippen LogP contribution is -2.35. The van der Waals surface area contributed by atoms with E-state index >= 15 is 0 Å². The Hall–Kier alpha value is -3.05. The number of halogens is 6. The molecule has 0 saturated carbocycles. The second-order valence-electron chi connectivity index (χ2n) is 5.38. The van der Waals surface area contributed by atoms with Crippen molar-refractivity contribution in [2.75, 3.05) is 5.32 Å². The van der Waals surface area contributed by atoms with Crippen LogP contribution in [0.4, 0.5) is 32.0 Å². The third-order valence-corrected chi connectivity index (χ3v) is 3.40. The molecule has 0 bridgehead atoms. The van der Waals surface area contributed by atoms with Crippen LogP contribution in [0.25, 0.3) is 0 Å².